The maximum Gasteiger partial charge on any atom is 0.296 e. The summed E-state index contributed by atoms with van der Waals surface area (Å²) in [6.45, 7) is 2.86. The van der Waals surface area contributed by atoms with Gasteiger partial charge in [0.25, 0.3) is 5.92 Å². The van der Waals surface area contributed by atoms with Crippen molar-refractivity contribution < 1.29 is 13.5 Å². The molecule has 2 rings (SSSR count). The second-order valence-corrected chi connectivity index (χ2v) is 4.45. The van der Waals surface area contributed by atoms with E-state index >= 15 is 0 Å². The molecule has 0 radical (unpaired) electrons. The number of rotatable bonds is 3. The van der Waals surface area contributed by atoms with E-state index in [2.05, 4.69) is 4.98 Å². The fourth-order valence-corrected chi connectivity index (χ4v) is 2.01. The monoisotopic (exact) mass is 257 g/mol. The van der Waals surface area contributed by atoms with E-state index in [1.807, 2.05) is 6.92 Å². The van der Waals surface area contributed by atoms with Gasteiger partial charge in [0, 0.05) is 19.0 Å². The van der Waals surface area contributed by atoms with Crippen molar-refractivity contribution in [3.05, 3.63) is 18.3 Å². The van der Waals surface area contributed by atoms with Crippen LogP contribution in [0.25, 0.3) is 0 Å². The molecule has 4 nitrogen and oxygen atoms in total. The Morgan fingerprint density at radius 1 is 1.56 bits per heavy atom. The van der Waals surface area contributed by atoms with E-state index in [0.717, 1.165) is 0 Å². The molecule has 1 aromatic rings. The van der Waals surface area contributed by atoms with Crippen molar-refractivity contribution in [1.29, 1.82) is 0 Å². The topological polar surface area (TPSA) is 51.4 Å². The van der Waals surface area contributed by atoms with Crippen molar-refractivity contribution in [2.75, 3.05) is 25.4 Å². The lowest BCUT2D eigenvalue weighted by atomic mass is 10.0. The highest BCUT2D eigenvalue weighted by Crippen LogP contribution is 2.30. The minimum Gasteiger partial charge on any atom is -0.468 e. The molecule has 100 valence electrons. The third-order valence-electron chi connectivity index (χ3n) is 3.08. The van der Waals surface area contributed by atoms with E-state index in [1.165, 1.54) is 12.3 Å². The maximum absolute atomic E-state index is 13.9. The van der Waals surface area contributed by atoms with Crippen LogP contribution in [0.4, 0.5) is 14.5 Å². The van der Waals surface area contributed by atoms with Crippen molar-refractivity contribution in [3.63, 3.8) is 0 Å². The maximum atomic E-state index is 13.9. The number of hydrogen-bond acceptors (Lipinski definition) is 4. The van der Waals surface area contributed by atoms with E-state index in [1.54, 1.807) is 11.0 Å². The van der Waals surface area contributed by atoms with Gasteiger partial charge in [0.15, 0.2) is 6.10 Å². The minimum absolute atomic E-state index is 0.193. The standard InChI is InChI=1S/C12H17F2N3O/c1-2-17-6-5-10(12(13,14)8-17)18-11-4-3-9(15)7-16-11/h3-4,7,10H,2,5-6,8,15H2,1H3. The molecule has 2 N–H and O–H groups in total. The van der Waals surface area contributed by atoms with Crippen LogP contribution in [0, 0.1) is 0 Å². The molecule has 6 heteroatoms. The Hall–Kier alpha value is -1.43. The van der Waals surface area contributed by atoms with Gasteiger partial charge in [0.1, 0.15) is 0 Å². The summed E-state index contributed by atoms with van der Waals surface area (Å²) in [5.41, 5.74) is 5.96. The number of piperidine rings is 1. The predicted octanol–water partition coefficient (Wildman–Crippen LogP) is 1.77. The Balaban J connectivity index is 2.03. The zero-order valence-corrected chi connectivity index (χ0v) is 10.3. The van der Waals surface area contributed by atoms with Crippen LogP contribution in [0.1, 0.15) is 13.3 Å². The Morgan fingerprint density at radius 3 is 2.89 bits per heavy atom. The Labute approximate surface area is 105 Å². The number of nitrogen functional groups attached to an aromatic ring is 1. The number of ether oxygens (including phenoxy) is 1. The number of halogens is 2. The van der Waals surface area contributed by atoms with Gasteiger partial charge in [-0.25, -0.2) is 13.8 Å². The fourth-order valence-electron chi connectivity index (χ4n) is 2.01. The smallest absolute Gasteiger partial charge is 0.296 e. The molecule has 0 saturated carbocycles. The van der Waals surface area contributed by atoms with Crippen LogP contribution in [0.5, 0.6) is 5.88 Å². The van der Waals surface area contributed by atoms with Crippen LogP contribution in [0.15, 0.2) is 18.3 Å². The Morgan fingerprint density at radius 2 is 2.33 bits per heavy atom. The molecule has 1 fully saturated rings. The Bertz CT molecular complexity index is 397. The van der Waals surface area contributed by atoms with Gasteiger partial charge in [0.05, 0.1) is 18.4 Å². The summed E-state index contributed by atoms with van der Waals surface area (Å²) in [5, 5.41) is 0. The molecule has 1 aliphatic rings. The zero-order valence-electron chi connectivity index (χ0n) is 10.3. The number of aromatic nitrogens is 1. The van der Waals surface area contributed by atoms with Gasteiger partial charge in [-0.1, -0.05) is 6.92 Å². The lowest BCUT2D eigenvalue weighted by molar-refractivity contribution is -0.139. The summed E-state index contributed by atoms with van der Waals surface area (Å²) < 4.78 is 33.0. The predicted molar refractivity (Wildman–Crippen MR) is 64.7 cm³/mol. The summed E-state index contributed by atoms with van der Waals surface area (Å²) in [5.74, 6) is -2.66. The highest BCUT2D eigenvalue weighted by atomic mass is 19.3. The van der Waals surface area contributed by atoms with Gasteiger partial charge in [-0.3, -0.25) is 4.90 Å². The molecular formula is C12H17F2N3O. The number of likely N-dealkylation sites (tertiary alicyclic amines) is 1. The summed E-state index contributed by atoms with van der Waals surface area (Å²) in [6, 6.07) is 3.10. The van der Waals surface area contributed by atoms with Gasteiger partial charge in [-0.15, -0.1) is 0 Å². The number of nitrogens with two attached hydrogens (primary N) is 1. The quantitative estimate of drug-likeness (QED) is 0.896. The van der Waals surface area contributed by atoms with Crippen molar-refractivity contribution in [3.8, 4) is 5.88 Å². The first-order valence-corrected chi connectivity index (χ1v) is 5.99. The molecule has 1 unspecified atom stereocenters. The van der Waals surface area contributed by atoms with Crippen molar-refractivity contribution >= 4 is 5.69 Å². The number of anilines is 1. The highest BCUT2D eigenvalue weighted by Gasteiger charge is 2.46. The molecular weight excluding hydrogens is 240 g/mol. The first kappa shape index (κ1) is 13.0. The van der Waals surface area contributed by atoms with Gasteiger partial charge >= 0.3 is 0 Å². The van der Waals surface area contributed by atoms with Crippen molar-refractivity contribution in [1.82, 2.24) is 9.88 Å². The van der Waals surface area contributed by atoms with Gasteiger partial charge < -0.3 is 10.5 Å². The van der Waals surface area contributed by atoms with Crippen molar-refractivity contribution in [2.24, 2.45) is 0 Å². The summed E-state index contributed by atoms with van der Waals surface area (Å²) in [7, 11) is 0. The van der Waals surface area contributed by atoms with E-state index in [-0.39, 0.29) is 12.4 Å². The average molecular weight is 257 g/mol. The number of alkyl halides is 2. The minimum atomic E-state index is -2.85. The summed E-state index contributed by atoms with van der Waals surface area (Å²) >= 11 is 0. The molecule has 18 heavy (non-hydrogen) atoms. The van der Waals surface area contributed by atoms with Gasteiger partial charge in [-0.05, 0) is 12.6 Å². The third kappa shape index (κ3) is 2.87. The number of pyridine rings is 1. The number of hydrogen-bond donors (Lipinski definition) is 1. The molecule has 1 atom stereocenters. The van der Waals surface area contributed by atoms with E-state index < -0.39 is 12.0 Å². The van der Waals surface area contributed by atoms with E-state index in [9.17, 15) is 8.78 Å². The second kappa shape index (κ2) is 5.06. The largest absolute Gasteiger partial charge is 0.468 e. The third-order valence-corrected chi connectivity index (χ3v) is 3.08. The van der Waals surface area contributed by atoms with Crippen LogP contribution in [-0.2, 0) is 0 Å². The molecule has 0 spiro atoms. The van der Waals surface area contributed by atoms with Gasteiger partial charge in [-0.2, -0.15) is 0 Å². The molecule has 2 heterocycles. The lowest BCUT2D eigenvalue weighted by Crippen LogP contribution is -2.53. The zero-order chi connectivity index (χ0) is 13.2. The average Bonchev–Trinajstić information content (AvgIpc) is 2.34. The second-order valence-electron chi connectivity index (χ2n) is 4.45. The lowest BCUT2D eigenvalue weighted by Gasteiger charge is -2.37. The SMILES string of the molecule is CCN1CCC(Oc2ccc(N)cn2)C(F)(F)C1. The first-order valence-electron chi connectivity index (χ1n) is 5.99. The number of nitrogens with zero attached hydrogens (tertiary/aromatic N) is 2. The van der Waals surface area contributed by atoms with E-state index in [0.29, 0.717) is 25.2 Å². The Kier molecular flexibility index (Phi) is 3.65. The van der Waals surface area contributed by atoms with Gasteiger partial charge in [0.2, 0.25) is 5.88 Å². The van der Waals surface area contributed by atoms with Crippen LogP contribution in [0.3, 0.4) is 0 Å². The molecule has 0 aromatic carbocycles. The first-order chi connectivity index (χ1) is 8.51. The molecule has 0 aliphatic carbocycles. The molecule has 1 aromatic heterocycles. The van der Waals surface area contributed by atoms with Crippen molar-refractivity contribution in [2.45, 2.75) is 25.4 Å². The van der Waals surface area contributed by atoms with E-state index in [4.69, 9.17) is 10.5 Å². The van der Waals surface area contributed by atoms with Crippen LogP contribution < -0.4 is 10.5 Å². The normalized spacial score (nSPS) is 23.8. The van der Waals surface area contributed by atoms with Crippen LogP contribution in [-0.4, -0.2) is 41.5 Å². The van der Waals surface area contributed by atoms with Crippen LogP contribution >= 0.6 is 0 Å². The molecule has 1 aliphatic heterocycles. The molecule has 1 saturated heterocycles. The molecule has 0 amide bonds. The summed E-state index contributed by atoms with van der Waals surface area (Å²) in [4.78, 5) is 5.60. The van der Waals surface area contributed by atoms with Crippen LogP contribution in [0.2, 0.25) is 0 Å². The highest BCUT2D eigenvalue weighted by molar-refractivity contribution is 5.36. The molecule has 0 bridgehead atoms. The fraction of sp³-hybridized carbons (Fsp3) is 0.583. The summed E-state index contributed by atoms with van der Waals surface area (Å²) in [6.07, 6.45) is 0.582.